The molecular formula is C25H31NO2. The number of benzene rings is 2. The zero-order valence-electron chi connectivity index (χ0n) is 16.8. The fraction of sp³-hybridized carbons (Fsp3) is 0.480. The van der Waals surface area contributed by atoms with E-state index in [9.17, 15) is 4.79 Å². The lowest BCUT2D eigenvalue weighted by molar-refractivity contribution is -0.144. The summed E-state index contributed by atoms with van der Waals surface area (Å²) >= 11 is 0. The van der Waals surface area contributed by atoms with Crippen LogP contribution in [0, 0.1) is 0 Å². The molecule has 0 bridgehead atoms. The molecule has 4 rings (SSSR count). The summed E-state index contributed by atoms with van der Waals surface area (Å²) in [6.45, 7) is 4.00. The molecule has 3 heteroatoms. The van der Waals surface area contributed by atoms with Gasteiger partial charge in [0, 0.05) is 12.1 Å². The first-order valence-corrected chi connectivity index (χ1v) is 10.7. The van der Waals surface area contributed by atoms with Crippen molar-refractivity contribution in [1.29, 1.82) is 0 Å². The minimum absolute atomic E-state index is 0.166. The van der Waals surface area contributed by atoms with Crippen LogP contribution in [0.3, 0.4) is 0 Å². The highest BCUT2D eigenvalue weighted by Gasteiger charge is 2.34. The molecular weight excluding hydrogens is 346 g/mol. The highest BCUT2D eigenvalue weighted by molar-refractivity contribution is 5.72. The molecule has 0 spiro atoms. The van der Waals surface area contributed by atoms with Crippen LogP contribution >= 0.6 is 0 Å². The molecule has 1 saturated carbocycles. The zero-order valence-corrected chi connectivity index (χ0v) is 16.8. The Balaban J connectivity index is 1.27. The minimum Gasteiger partial charge on any atom is -0.461 e. The Kier molecular flexibility index (Phi) is 6.11. The van der Waals surface area contributed by atoms with Crippen molar-refractivity contribution in [2.45, 2.75) is 70.1 Å². The van der Waals surface area contributed by atoms with Gasteiger partial charge < -0.3 is 4.74 Å². The van der Waals surface area contributed by atoms with Gasteiger partial charge in [-0.1, -0.05) is 54.6 Å². The van der Waals surface area contributed by atoms with Crippen molar-refractivity contribution < 1.29 is 9.53 Å². The Labute approximate surface area is 168 Å². The van der Waals surface area contributed by atoms with Crippen LogP contribution in [0.4, 0.5) is 0 Å². The molecule has 2 fully saturated rings. The van der Waals surface area contributed by atoms with Crippen LogP contribution < -0.4 is 0 Å². The second kappa shape index (κ2) is 8.91. The standard InChI is InChI=1S/C25H31NO2/c1-19-6-5-15-26(19)24-14-13-23(17-24)22-11-9-20(10-12-22)16-25(27)28-18-21-7-3-2-4-8-21/h2-4,7-12,19,23-24H,5-6,13-18H2,1H3/t19-,23-,24?/m0/s1. The molecule has 0 amide bonds. The average molecular weight is 378 g/mol. The molecule has 3 nitrogen and oxygen atoms in total. The van der Waals surface area contributed by atoms with E-state index in [0.717, 1.165) is 23.2 Å². The van der Waals surface area contributed by atoms with Crippen molar-refractivity contribution >= 4 is 5.97 Å². The topological polar surface area (TPSA) is 29.5 Å². The van der Waals surface area contributed by atoms with Crippen LogP contribution in [-0.2, 0) is 22.6 Å². The Morgan fingerprint density at radius 1 is 1.00 bits per heavy atom. The fourth-order valence-corrected chi connectivity index (χ4v) is 4.92. The molecule has 28 heavy (non-hydrogen) atoms. The molecule has 3 atom stereocenters. The van der Waals surface area contributed by atoms with Gasteiger partial charge in [0.15, 0.2) is 0 Å². The number of rotatable bonds is 6. The van der Waals surface area contributed by atoms with Crippen LogP contribution in [0.15, 0.2) is 54.6 Å². The first-order valence-electron chi connectivity index (χ1n) is 10.7. The largest absolute Gasteiger partial charge is 0.461 e. The van der Waals surface area contributed by atoms with Gasteiger partial charge in [0.05, 0.1) is 6.42 Å². The third kappa shape index (κ3) is 4.64. The quantitative estimate of drug-likeness (QED) is 0.657. The van der Waals surface area contributed by atoms with Crippen molar-refractivity contribution in [3.8, 4) is 0 Å². The van der Waals surface area contributed by atoms with E-state index in [1.807, 2.05) is 30.3 Å². The number of hydrogen-bond donors (Lipinski definition) is 0. The molecule has 2 aromatic carbocycles. The molecule has 1 unspecified atom stereocenters. The van der Waals surface area contributed by atoms with Gasteiger partial charge in [-0.05, 0) is 68.2 Å². The normalized spacial score (nSPS) is 25.1. The molecule has 0 N–H and O–H groups in total. The molecule has 0 radical (unpaired) electrons. The monoisotopic (exact) mass is 377 g/mol. The summed E-state index contributed by atoms with van der Waals surface area (Å²) in [5, 5.41) is 0. The Morgan fingerprint density at radius 3 is 2.50 bits per heavy atom. The van der Waals surface area contributed by atoms with E-state index < -0.39 is 0 Å². The number of carbonyl (C=O) groups is 1. The number of nitrogens with zero attached hydrogens (tertiary/aromatic N) is 1. The first kappa shape index (κ1) is 19.2. The summed E-state index contributed by atoms with van der Waals surface area (Å²) < 4.78 is 5.40. The third-order valence-corrected chi connectivity index (χ3v) is 6.52. The second-order valence-corrected chi connectivity index (χ2v) is 8.46. The van der Waals surface area contributed by atoms with Crippen molar-refractivity contribution in [1.82, 2.24) is 4.90 Å². The summed E-state index contributed by atoms with van der Waals surface area (Å²) in [5.41, 5.74) is 3.48. The summed E-state index contributed by atoms with van der Waals surface area (Å²) in [7, 11) is 0. The van der Waals surface area contributed by atoms with E-state index in [1.165, 1.54) is 44.2 Å². The van der Waals surface area contributed by atoms with E-state index in [0.29, 0.717) is 18.9 Å². The molecule has 0 aromatic heterocycles. The summed E-state index contributed by atoms with van der Waals surface area (Å²) in [6.07, 6.45) is 6.94. The lowest BCUT2D eigenvalue weighted by Gasteiger charge is -2.28. The summed E-state index contributed by atoms with van der Waals surface area (Å²) in [5.74, 6) is 0.498. The average Bonchev–Trinajstić information content (AvgIpc) is 3.37. The second-order valence-electron chi connectivity index (χ2n) is 8.46. The van der Waals surface area contributed by atoms with Gasteiger partial charge in [0.25, 0.3) is 0 Å². The van der Waals surface area contributed by atoms with Gasteiger partial charge in [0.2, 0.25) is 0 Å². The Hall–Kier alpha value is -2.13. The van der Waals surface area contributed by atoms with Crippen molar-refractivity contribution in [2.75, 3.05) is 6.54 Å². The number of esters is 1. The number of carbonyl (C=O) groups excluding carboxylic acids is 1. The molecule has 148 valence electrons. The number of hydrogen-bond acceptors (Lipinski definition) is 3. The smallest absolute Gasteiger partial charge is 0.310 e. The van der Waals surface area contributed by atoms with E-state index in [-0.39, 0.29) is 5.97 Å². The van der Waals surface area contributed by atoms with Gasteiger partial charge in [-0.25, -0.2) is 0 Å². The van der Waals surface area contributed by atoms with Crippen molar-refractivity contribution in [3.63, 3.8) is 0 Å². The minimum atomic E-state index is -0.166. The van der Waals surface area contributed by atoms with Gasteiger partial charge in [0.1, 0.15) is 6.61 Å². The predicted molar refractivity (Wildman–Crippen MR) is 112 cm³/mol. The van der Waals surface area contributed by atoms with Crippen LogP contribution in [0.2, 0.25) is 0 Å². The van der Waals surface area contributed by atoms with Gasteiger partial charge in [-0.15, -0.1) is 0 Å². The molecule has 1 aliphatic carbocycles. The van der Waals surface area contributed by atoms with Crippen LogP contribution in [0.25, 0.3) is 0 Å². The van der Waals surface area contributed by atoms with Gasteiger partial charge >= 0.3 is 5.97 Å². The van der Waals surface area contributed by atoms with Crippen molar-refractivity contribution in [3.05, 3.63) is 71.3 Å². The van der Waals surface area contributed by atoms with E-state index in [2.05, 4.69) is 36.1 Å². The van der Waals surface area contributed by atoms with Crippen LogP contribution in [0.1, 0.15) is 61.6 Å². The van der Waals surface area contributed by atoms with Gasteiger partial charge in [-0.3, -0.25) is 9.69 Å². The lowest BCUT2D eigenvalue weighted by atomic mass is 9.95. The third-order valence-electron chi connectivity index (χ3n) is 6.52. The lowest BCUT2D eigenvalue weighted by Crippen LogP contribution is -2.35. The van der Waals surface area contributed by atoms with Crippen LogP contribution in [-0.4, -0.2) is 29.5 Å². The highest BCUT2D eigenvalue weighted by atomic mass is 16.5. The molecule has 1 aliphatic heterocycles. The molecule has 2 aliphatic rings. The number of likely N-dealkylation sites (tertiary alicyclic amines) is 1. The molecule has 2 aromatic rings. The highest BCUT2D eigenvalue weighted by Crippen LogP contribution is 2.39. The fourth-order valence-electron chi connectivity index (χ4n) is 4.92. The van der Waals surface area contributed by atoms with E-state index >= 15 is 0 Å². The first-order chi connectivity index (χ1) is 13.7. The van der Waals surface area contributed by atoms with E-state index in [1.54, 1.807) is 0 Å². The zero-order chi connectivity index (χ0) is 19.3. The number of ether oxygens (including phenoxy) is 1. The SMILES string of the molecule is C[C@H]1CCCN1C1CC[C@H](c2ccc(CC(=O)OCc3ccccc3)cc2)C1. The van der Waals surface area contributed by atoms with Crippen LogP contribution in [0.5, 0.6) is 0 Å². The molecule has 1 saturated heterocycles. The summed E-state index contributed by atoms with van der Waals surface area (Å²) in [6, 6.07) is 20.0. The maximum Gasteiger partial charge on any atom is 0.310 e. The molecule has 1 heterocycles. The Morgan fingerprint density at radius 2 is 1.79 bits per heavy atom. The summed E-state index contributed by atoms with van der Waals surface area (Å²) in [4.78, 5) is 14.9. The van der Waals surface area contributed by atoms with Gasteiger partial charge in [-0.2, -0.15) is 0 Å². The predicted octanol–water partition coefficient (Wildman–Crippen LogP) is 5.09. The van der Waals surface area contributed by atoms with Crippen molar-refractivity contribution in [2.24, 2.45) is 0 Å². The maximum absolute atomic E-state index is 12.1. The Bertz CT molecular complexity index is 771. The van der Waals surface area contributed by atoms with E-state index in [4.69, 9.17) is 4.74 Å². The maximum atomic E-state index is 12.1.